The molecule has 0 amide bonds. The van der Waals surface area contributed by atoms with Crippen LogP contribution in [0.3, 0.4) is 0 Å². The summed E-state index contributed by atoms with van der Waals surface area (Å²) in [7, 11) is 0. The first kappa shape index (κ1) is 12.7. The lowest BCUT2D eigenvalue weighted by molar-refractivity contribution is -0.138. The van der Waals surface area contributed by atoms with E-state index in [0.717, 1.165) is 30.8 Å². The van der Waals surface area contributed by atoms with E-state index in [1.54, 1.807) is 0 Å². The Bertz CT molecular complexity index is 451. The number of carbonyl (C=O) groups excluding carboxylic acids is 1. The number of nitrogens with zero attached hydrogens (tertiary/aromatic N) is 1. The molecule has 96 valence electrons. The fourth-order valence-electron chi connectivity index (χ4n) is 2.26. The second kappa shape index (κ2) is 5.71. The van der Waals surface area contributed by atoms with E-state index in [0.29, 0.717) is 6.61 Å². The quantitative estimate of drug-likeness (QED) is 0.764. The maximum Gasteiger partial charge on any atom is 0.335 e. The Morgan fingerprint density at radius 1 is 1.33 bits per heavy atom. The molecule has 3 nitrogen and oxygen atoms in total. The van der Waals surface area contributed by atoms with E-state index in [2.05, 4.69) is 17.0 Å². The van der Waals surface area contributed by atoms with Gasteiger partial charge >= 0.3 is 5.97 Å². The van der Waals surface area contributed by atoms with Crippen molar-refractivity contribution >= 4 is 5.97 Å². The molecule has 0 aliphatic carbocycles. The van der Waals surface area contributed by atoms with Crippen molar-refractivity contribution in [1.82, 2.24) is 4.90 Å². The molecular formula is C15H19NO2. The topological polar surface area (TPSA) is 29.5 Å². The first-order chi connectivity index (χ1) is 8.72. The highest BCUT2D eigenvalue weighted by Crippen LogP contribution is 2.25. The second-order valence-electron chi connectivity index (χ2n) is 4.44. The third-order valence-corrected chi connectivity index (χ3v) is 3.28. The molecule has 0 N–H and O–H groups in total. The van der Waals surface area contributed by atoms with Gasteiger partial charge in [-0.1, -0.05) is 30.3 Å². The fraction of sp³-hybridized carbons (Fsp3) is 0.400. The normalized spacial score (nSPS) is 15.1. The minimum absolute atomic E-state index is 0.162. The molecule has 1 aromatic carbocycles. The van der Waals surface area contributed by atoms with Gasteiger partial charge in [-0.25, -0.2) is 4.79 Å². The second-order valence-corrected chi connectivity index (χ2v) is 4.44. The largest absolute Gasteiger partial charge is 0.463 e. The van der Waals surface area contributed by atoms with Gasteiger partial charge in [-0.2, -0.15) is 0 Å². The number of allylic oxidation sites excluding steroid dienone is 1. The summed E-state index contributed by atoms with van der Waals surface area (Å²) in [6, 6.07) is 10.3. The molecule has 0 bridgehead atoms. The van der Waals surface area contributed by atoms with Crippen LogP contribution in [0, 0.1) is 0 Å². The summed E-state index contributed by atoms with van der Waals surface area (Å²) in [5, 5.41) is 0. The number of esters is 1. The summed E-state index contributed by atoms with van der Waals surface area (Å²) in [5.74, 6) is -0.162. The highest BCUT2D eigenvalue weighted by molar-refractivity contribution is 5.89. The van der Waals surface area contributed by atoms with E-state index in [-0.39, 0.29) is 5.97 Å². The minimum Gasteiger partial charge on any atom is -0.463 e. The van der Waals surface area contributed by atoms with Crippen LogP contribution in [0.2, 0.25) is 0 Å². The molecule has 18 heavy (non-hydrogen) atoms. The van der Waals surface area contributed by atoms with Gasteiger partial charge in [0.25, 0.3) is 0 Å². The zero-order chi connectivity index (χ0) is 13.0. The van der Waals surface area contributed by atoms with E-state index in [1.807, 2.05) is 32.0 Å². The van der Waals surface area contributed by atoms with Gasteiger partial charge in [-0.15, -0.1) is 0 Å². The molecular weight excluding hydrogens is 226 g/mol. The Morgan fingerprint density at radius 3 is 2.72 bits per heavy atom. The van der Waals surface area contributed by atoms with Gasteiger partial charge in [-0.05, 0) is 25.8 Å². The van der Waals surface area contributed by atoms with Gasteiger partial charge in [0.05, 0.1) is 12.2 Å². The highest BCUT2D eigenvalue weighted by atomic mass is 16.5. The first-order valence-electron chi connectivity index (χ1n) is 6.38. The average molecular weight is 245 g/mol. The number of carbonyl (C=O) groups is 1. The summed E-state index contributed by atoms with van der Waals surface area (Å²) in [5.41, 5.74) is 3.15. The molecule has 0 spiro atoms. The molecule has 0 atom stereocenters. The molecule has 1 aliphatic heterocycles. The van der Waals surface area contributed by atoms with Gasteiger partial charge in [0.1, 0.15) is 0 Å². The van der Waals surface area contributed by atoms with E-state index in [9.17, 15) is 4.79 Å². The van der Waals surface area contributed by atoms with Crippen molar-refractivity contribution in [3.63, 3.8) is 0 Å². The lowest BCUT2D eigenvalue weighted by Crippen LogP contribution is -2.17. The number of rotatable bonds is 4. The third-order valence-electron chi connectivity index (χ3n) is 3.28. The molecule has 0 fully saturated rings. The summed E-state index contributed by atoms with van der Waals surface area (Å²) in [4.78, 5) is 14.0. The van der Waals surface area contributed by atoms with Crippen molar-refractivity contribution in [3.05, 3.63) is 47.2 Å². The molecule has 2 rings (SSSR count). The standard InChI is InChI=1S/C15H19NO2/c1-3-18-15(17)14-9-10-16(12(14)2)11-13-7-5-4-6-8-13/h4-8H,3,9-11H2,1-2H3. The predicted octanol–water partition coefficient (Wildman–Crippen LogP) is 2.73. The monoisotopic (exact) mass is 245 g/mol. The Labute approximate surface area is 108 Å². The Hall–Kier alpha value is -1.77. The minimum atomic E-state index is -0.162. The Balaban J connectivity index is 2.06. The van der Waals surface area contributed by atoms with Crippen molar-refractivity contribution in [2.75, 3.05) is 13.2 Å². The summed E-state index contributed by atoms with van der Waals surface area (Å²) in [6.45, 7) is 6.03. The number of hydrogen-bond acceptors (Lipinski definition) is 3. The SMILES string of the molecule is CCOC(=O)C1=C(C)N(Cc2ccccc2)CC1. The molecule has 0 saturated heterocycles. The maximum atomic E-state index is 11.7. The summed E-state index contributed by atoms with van der Waals surface area (Å²) < 4.78 is 5.07. The van der Waals surface area contributed by atoms with Gasteiger partial charge in [-0.3, -0.25) is 0 Å². The average Bonchev–Trinajstić information content (AvgIpc) is 2.73. The zero-order valence-corrected chi connectivity index (χ0v) is 11.0. The van der Waals surface area contributed by atoms with Crippen LogP contribution >= 0.6 is 0 Å². The summed E-state index contributed by atoms with van der Waals surface area (Å²) in [6.07, 6.45) is 0.789. The van der Waals surface area contributed by atoms with Crippen LogP contribution in [-0.4, -0.2) is 24.0 Å². The van der Waals surface area contributed by atoms with Crippen molar-refractivity contribution in [3.8, 4) is 0 Å². The van der Waals surface area contributed by atoms with Crippen molar-refractivity contribution < 1.29 is 9.53 Å². The van der Waals surface area contributed by atoms with Crippen molar-refractivity contribution in [2.24, 2.45) is 0 Å². The van der Waals surface area contributed by atoms with E-state index < -0.39 is 0 Å². The predicted molar refractivity (Wildman–Crippen MR) is 70.8 cm³/mol. The van der Waals surface area contributed by atoms with Crippen molar-refractivity contribution in [2.45, 2.75) is 26.8 Å². The van der Waals surface area contributed by atoms with Crippen LogP contribution in [-0.2, 0) is 16.1 Å². The number of hydrogen-bond donors (Lipinski definition) is 0. The molecule has 0 aromatic heterocycles. The van der Waals surface area contributed by atoms with Crippen LogP contribution in [0.1, 0.15) is 25.8 Å². The van der Waals surface area contributed by atoms with E-state index in [4.69, 9.17) is 4.74 Å². The van der Waals surface area contributed by atoms with Gasteiger partial charge in [0, 0.05) is 18.8 Å². The number of benzene rings is 1. The molecule has 1 aliphatic rings. The molecule has 1 heterocycles. The molecule has 1 aromatic rings. The van der Waals surface area contributed by atoms with Gasteiger partial charge < -0.3 is 9.64 Å². The lowest BCUT2D eigenvalue weighted by Gasteiger charge is -2.20. The number of ether oxygens (including phenoxy) is 1. The molecule has 0 radical (unpaired) electrons. The van der Waals surface area contributed by atoms with Gasteiger partial charge in [0.15, 0.2) is 0 Å². The maximum absolute atomic E-state index is 11.7. The highest BCUT2D eigenvalue weighted by Gasteiger charge is 2.24. The van der Waals surface area contributed by atoms with Crippen LogP contribution in [0.25, 0.3) is 0 Å². The van der Waals surface area contributed by atoms with Crippen LogP contribution < -0.4 is 0 Å². The fourth-order valence-corrected chi connectivity index (χ4v) is 2.26. The van der Waals surface area contributed by atoms with Gasteiger partial charge in [0.2, 0.25) is 0 Å². The van der Waals surface area contributed by atoms with Crippen LogP contribution in [0.5, 0.6) is 0 Å². The molecule has 0 saturated carbocycles. The molecule has 0 unspecified atom stereocenters. The third kappa shape index (κ3) is 2.73. The van der Waals surface area contributed by atoms with E-state index in [1.165, 1.54) is 5.56 Å². The Kier molecular flexibility index (Phi) is 4.03. The first-order valence-corrected chi connectivity index (χ1v) is 6.38. The van der Waals surface area contributed by atoms with Crippen LogP contribution in [0.4, 0.5) is 0 Å². The smallest absolute Gasteiger partial charge is 0.335 e. The zero-order valence-electron chi connectivity index (χ0n) is 11.0. The summed E-state index contributed by atoms with van der Waals surface area (Å²) >= 11 is 0. The van der Waals surface area contributed by atoms with E-state index >= 15 is 0 Å². The lowest BCUT2D eigenvalue weighted by atomic mass is 10.2. The van der Waals surface area contributed by atoms with Crippen molar-refractivity contribution in [1.29, 1.82) is 0 Å². The van der Waals surface area contributed by atoms with Crippen LogP contribution in [0.15, 0.2) is 41.6 Å². The Morgan fingerprint density at radius 2 is 2.06 bits per heavy atom. The molecule has 3 heteroatoms.